The molecule has 1 aromatic rings. The van der Waals surface area contributed by atoms with Gasteiger partial charge in [0.15, 0.2) is 0 Å². The molecule has 0 spiro atoms. The van der Waals surface area contributed by atoms with Gasteiger partial charge >= 0.3 is 0 Å². The normalized spacial score (nSPS) is 11.0. The Balaban J connectivity index is 2.92. The van der Waals surface area contributed by atoms with Crippen molar-refractivity contribution in [3.05, 3.63) is 23.4 Å². The fourth-order valence-corrected chi connectivity index (χ4v) is 1.80. The van der Waals surface area contributed by atoms with E-state index in [4.69, 9.17) is 5.21 Å². The molecule has 4 nitrogen and oxygen atoms in total. The van der Waals surface area contributed by atoms with E-state index in [2.05, 4.69) is 28.9 Å². The molecule has 0 aromatic carbocycles. The molecule has 1 N–H and O–H groups in total. The van der Waals surface area contributed by atoms with E-state index < -0.39 is 0 Å². The molecule has 0 aliphatic carbocycles. The number of anilines is 1. The number of oxime groups is 1. The van der Waals surface area contributed by atoms with Crippen LogP contribution in [-0.4, -0.2) is 29.5 Å². The number of rotatable bonds is 6. The Labute approximate surface area is 103 Å². The van der Waals surface area contributed by atoms with Crippen LogP contribution in [0.4, 0.5) is 5.82 Å². The molecule has 4 heteroatoms. The van der Waals surface area contributed by atoms with Crippen LogP contribution in [0.15, 0.2) is 17.4 Å². The molecule has 1 rings (SSSR count). The van der Waals surface area contributed by atoms with Crippen molar-refractivity contribution in [3.8, 4) is 0 Å². The molecular formula is C13H21N3O. The Bertz CT molecular complexity index is 371. The van der Waals surface area contributed by atoms with Crippen LogP contribution in [0.2, 0.25) is 0 Å². The summed E-state index contributed by atoms with van der Waals surface area (Å²) in [5, 5.41) is 11.6. The zero-order chi connectivity index (χ0) is 12.7. The van der Waals surface area contributed by atoms with E-state index in [-0.39, 0.29) is 0 Å². The molecule has 0 aliphatic heterocycles. The van der Waals surface area contributed by atoms with Crippen molar-refractivity contribution in [2.75, 3.05) is 18.0 Å². The highest BCUT2D eigenvalue weighted by Gasteiger charge is 2.07. The minimum atomic E-state index is 0.851. The van der Waals surface area contributed by atoms with Crippen LogP contribution in [0.5, 0.6) is 0 Å². The fraction of sp³-hybridized carbons (Fsp3) is 0.538. The van der Waals surface area contributed by atoms with E-state index in [0.717, 1.165) is 42.9 Å². The van der Waals surface area contributed by atoms with Crippen molar-refractivity contribution in [2.45, 2.75) is 33.6 Å². The lowest BCUT2D eigenvalue weighted by Crippen LogP contribution is -2.26. The zero-order valence-electron chi connectivity index (χ0n) is 10.8. The summed E-state index contributed by atoms with van der Waals surface area (Å²) in [5.41, 5.74) is 1.93. The van der Waals surface area contributed by atoms with Crippen molar-refractivity contribution >= 4 is 12.0 Å². The second-order valence-corrected chi connectivity index (χ2v) is 4.13. The van der Waals surface area contributed by atoms with Crippen LogP contribution >= 0.6 is 0 Å². The summed E-state index contributed by atoms with van der Waals surface area (Å²) >= 11 is 0. The Morgan fingerprint density at radius 3 is 2.47 bits per heavy atom. The largest absolute Gasteiger partial charge is 0.411 e. The summed E-state index contributed by atoms with van der Waals surface area (Å²) in [6.45, 7) is 8.38. The third kappa shape index (κ3) is 3.73. The Hall–Kier alpha value is -1.58. The van der Waals surface area contributed by atoms with Crippen LogP contribution in [0.25, 0.3) is 0 Å². The molecule has 0 unspecified atom stereocenters. The van der Waals surface area contributed by atoms with E-state index in [1.807, 2.05) is 13.0 Å². The maximum absolute atomic E-state index is 8.52. The average molecular weight is 235 g/mol. The predicted octanol–water partition coefficient (Wildman–Crippen LogP) is 2.82. The molecule has 17 heavy (non-hydrogen) atoms. The van der Waals surface area contributed by atoms with Crippen molar-refractivity contribution in [2.24, 2.45) is 5.16 Å². The quantitative estimate of drug-likeness (QED) is 0.468. The minimum absolute atomic E-state index is 0.851. The first-order valence-electron chi connectivity index (χ1n) is 6.11. The Kier molecular flexibility index (Phi) is 5.46. The highest BCUT2D eigenvalue weighted by Crippen LogP contribution is 2.15. The lowest BCUT2D eigenvalue weighted by molar-refractivity contribution is 0.322. The average Bonchev–Trinajstić information content (AvgIpc) is 2.32. The molecule has 0 fully saturated rings. The van der Waals surface area contributed by atoms with E-state index >= 15 is 0 Å². The number of hydrogen-bond acceptors (Lipinski definition) is 4. The van der Waals surface area contributed by atoms with Gasteiger partial charge in [-0.15, -0.1) is 0 Å². The zero-order valence-corrected chi connectivity index (χ0v) is 10.8. The molecule has 0 amide bonds. The number of pyridine rings is 1. The van der Waals surface area contributed by atoms with Crippen LogP contribution in [0.3, 0.4) is 0 Å². The van der Waals surface area contributed by atoms with Crippen molar-refractivity contribution in [1.82, 2.24) is 4.98 Å². The number of aryl methyl sites for hydroxylation is 1. The lowest BCUT2D eigenvalue weighted by atomic mass is 10.1. The summed E-state index contributed by atoms with van der Waals surface area (Å²) in [6.07, 6.45) is 5.39. The van der Waals surface area contributed by atoms with Gasteiger partial charge < -0.3 is 10.1 Å². The lowest BCUT2D eigenvalue weighted by Gasteiger charge is -2.23. The fourth-order valence-electron chi connectivity index (χ4n) is 1.80. The van der Waals surface area contributed by atoms with Gasteiger partial charge in [0.25, 0.3) is 0 Å². The van der Waals surface area contributed by atoms with Crippen LogP contribution in [0.1, 0.15) is 37.8 Å². The van der Waals surface area contributed by atoms with Crippen molar-refractivity contribution in [3.63, 3.8) is 0 Å². The number of hydrogen-bond donors (Lipinski definition) is 1. The van der Waals surface area contributed by atoms with Gasteiger partial charge in [0, 0.05) is 24.8 Å². The second kappa shape index (κ2) is 6.89. The molecule has 0 atom stereocenters. The number of aromatic nitrogens is 1. The molecule has 0 saturated heterocycles. The topological polar surface area (TPSA) is 48.7 Å². The Morgan fingerprint density at radius 2 is 2.00 bits per heavy atom. The van der Waals surface area contributed by atoms with Crippen molar-refractivity contribution < 1.29 is 5.21 Å². The first-order chi connectivity index (χ1) is 8.22. The van der Waals surface area contributed by atoms with Gasteiger partial charge in [0.2, 0.25) is 0 Å². The monoisotopic (exact) mass is 235 g/mol. The second-order valence-electron chi connectivity index (χ2n) is 4.13. The molecule has 0 saturated carbocycles. The van der Waals surface area contributed by atoms with Crippen LogP contribution < -0.4 is 4.90 Å². The molecule has 0 bridgehead atoms. The highest BCUT2D eigenvalue weighted by molar-refractivity contribution is 5.81. The van der Waals surface area contributed by atoms with Gasteiger partial charge in [-0.3, -0.25) is 0 Å². The standard InChI is InChI=1S/C13H21N3O/c1-4-6-16(7-5-2)13-8-11(3)12(9-14-13)10-15-17/h8-10,17H,4-7H2,1-3H3/b15-10+. The maximum atomic E-state index is 8.52. The van der Waals surface area contributed by atoms with Gasteiger partial charge in [-0.2, -0.15) is 0 Å². The third-order valence-electron chi connectivity index (χ3n) is 2.64. The van der Waals surface area contributed by atoms with Gasteiger partial charge in [0.05, 0.1) is 6.21 Å². The minimum Gasteiger partial charge on any atom is -0.411 e. The molecule has 94 valence electrons. The van der Waals surface area contributed by atoms with Gasteiger partial charge in [-0.25, -0.2) is 4.98 Å². The summed E-state index contributed by atoms with van der Waals surface area (Å²) in [6, 6.07) is 2.04. The summed E-state index contributed by atoms with van der Waals surface area (Å²) in [5.74, 6) is 1.00. The molecule has 0 radical (unpaired) electrons. The first kappa shape index (κ1) is 13.5. The number of nitrogens with zero attached hydrogens (tertiary/aromatic N) is 3. The van der Waals surface area contributed by atoms with Gasteiger partial charge in [-0.05, 0) is 31.4 Å². The SMILES string of the molecule is CCCN(CCC)c1cc(C)c(/C=N/O)cn1. The maximum Gasteiger partial charge on any atom is 0.128 e. The first-order valence-corrected chi connectivity index (χ1v) is 6.11. The molecule has 0 aliphatic rings. The third-order valence-corrected chi connectivity index (χ3v) is 2.64. The molecule has 1 aromatic heterocycles. The van der Waals surface area contributed by atoms with E-state index in [1.165, 1.54) is 6.21 Å². The Morgan fingerprint density at radius 1 is 1.35 bits per heavy atom. The molecular weight excluding hydrogens is 214 g/mol. The summed E-state index contributed by atoms with van der Waals surface area (Å²) in [4.78, 5) is 6.70. The summed E-state index contributed by atoms with van der Waals surface area (Å²) < 4.78 is 0. The van der Waals surface area contributed by atoms with E-state index in [1.54, 1.807) is 6.20 Å². The van der Waals surface area contributed by atoms with Crippen LogP contribution in [-0.2, 0) is 0 Å². The van der Waals surface area contributed by atoms with E-state index in [9.17, 15) is 0 Å². The molecule has 1 heterocycles. The van der Waals surface area contributed by atoms with Gasteiger partial charge in [-0.1, -0.05) is 19.0 Å². The summed E-state index contributed by atoms with van der Waals surface area (Å²) in [7, 11) is 0. The van der Waals surface area contributed by atoms with Crippen LogP contribution in [0, 0.1) is 6.92 Å². The van der Waals surface area contributed by atoms with Crippen molar-refractivity contribution in [1.29, 1.82) is 0 Å². The van der Waals surface area contributed by atoms with E-state index in [0.29, 0.717) is 0 Å². The predicted molar refractivity (Wildman–Crippen MR) is 71.1 cm³/mol. The van der Waals surface area contributed by atoms with Gasteiger partial charge in [0.1, 0.15) is 5.82 Å². The smallest absolute Gasteiger partial charge is 0.128 e. The highest BCUT2D eigenvalue weighted by atomic mass is 16.4.